The highest BCUT2D eigenvalue weighted by Crippen LogP contribution is 2.26. The second-order valence-electron chi connectivity index (χ2n) is 7.48. The predicted octanol–water partition coefficient (Wildman–Crippen LogP) is 4.47. The van der Waals surface area contributed by atoms with Crippen LogP contribution in [0.1, 0.15) is 25.3 Å². The first kappa shape index (κ1) is 21.8. The lowest BCUT2D eigenvalue weighted by Gasteiger charge is -2.03. The molecule has 2 aromatic heterocycles. The Morgan fingerprint density at radius 2 is 1.94 bits per heavy atom. The maximum atomic E-state index is 12.8. The Morgan fingerprint density at radius 3 is 2.70 bits per heavy atom. The van der Waals surface area contributed by atoms with Gasteiger partial charge in [0.1, 0.15) is 22.9 Å². The fraction of sp³-hybridized carbons (Fsp3) is 0.154. The lowest BCUT2D eigenvalue weighted by Crippen LogP contribution is -2.25. The molecule has 33 heavy (non-hydrogen) atoms. The number of hydrogen-bond donors (Lipinski definition) is 1. The molecule has 4 rings (SSSR count). The number of fused-ring (bicyclic) bond motifs is 1. The maximum absolute atomic E-state index is 12.8. The highest BCUT2D eigenvalue weighted by Gasteiger charge is 2.18. The number of rotatable bonds is 7. The van der Waals surface area contributed by atoms with Gasteiger partial charge in [0.05, 0.1) is 11.3 Å². The maximum Gasteiger partial charge on any atom is 0.345 e. The van der Waals surface area contributed by atoms with E-state index < -0.39 is 11.5 Å². The number of nitriles is 1. The first-order valence-electron chi connectivity index (χ1n) is 10.7. The van der Waals surface area contributed by atoms with Crippen LogP contribution in [0.3, 0.4) is 0 Å². The van der Waals surface area contributed by atoms with E-state index >= 15 is 0 Å². The molecular weight excluding hydrogens is 416 g/mol. The monoisotopic (exact) mass is 438 g/mol. The number of benzene rings is 2. The van der Waals surface area contributed by atoms with Gasteiger partial charge in [-0.15, -0.1) is 0 Å². The number of para-hydroxylation sites is 2. The molecule has 0 spiro atoms. The highest BCUT2D eigenvalue weighted by molar-refractivity contribution is 6.02. The van der Waals surface area contributed by atoms with Crippen LogP contribution in [-0.4, -0.2) is 22.2 Å². The molecule has 7 nitrogen and oxygen atoms in total. The van der Waals surface area contributed by atoms with Crippen molar-refractivity contribution < 1.29 is 9.21 Å². The Balaban J connectivity index is 1.85. The van der Waals surface area contributed by atoms with Crippen LogP contribution in [0.4, 0.5) is 0 Å². The second-order valence-corrected chi connectivity index (χ2v) is 7.48. The number of carbonyl (C=O) groups is 1. The second kappa shape index (κ2) is 9.79. The molecule has 2 heterocycles. The molecule has 0 aliphatic rings. The van der Waals surface area contributed by atoms with Gasteiger partial charge in [-0.25, -0.2) is 9.48 Å². The first-order valence-corrected chi connectivity index (χ1v) is 10.7. The van der Waals surface area contributed by atoms with Crippen molar-refractivity contribution in [2.45, 2.75) is 19.8 Å². The molecule has 0 unspecified atom stereocenters. The Morgan fingerprint density at radius 1 is 1.18 bits per heavy atom. The summed E-state index contributed by atoms with van der Waals surface area (Å²) in [4.78, 5) is 25.3. The summed E-state index contributed by atoms with van der Waals surface area (Å²) in [6.45, 7) is 2.51. The molecule has 0 atom stereocenters. The summed E-state index contributed by atoms with van der Waals surface area (Å²) in [6.07, 6.45) is 4.89. The first-order chi connectivity index (χ1) is 16.1. The van der Waals surface area contributed by atoms with Crippen LogP contribution in [0, 0.1) is 11.3 Å². The normalized spacial score (nSPS) is 11.3. The third-order valence-corrected chi connectivity index (χ3v) is 5.14. The van der Waals surface area contributed by atoms with Crippen molar-refractivity contribution in [1.82, 2.24) is 15.1 Å². The summed E-state index contributed by atoms with van der Waals surface area (Å²) < 4.78 is 7.10. The highest BCUT2D eigenvalue weighted by atomic mass is 16.4. The van der Waals surface area contributed by atoms with E-state index in [0.29, 0.717) is 23.4 Å². The minimum Gasteiger partial charge on any atom is -0.422 e. The summed E-state index contributed by atoms with van der Waals surface area (Å²) in [7, 11) is 0. The van der Waals surface area contributed by atoms with Crippen molar-refractivity contribution in [3.8, 4) is 23.0 Å². The van der Waals surface area contributed by atoms with Gasteiger partial charge in [0.2, 0.25) is 0 Å². The lowest BCUT2D eigenvalue weighted by molar-refractivity contribution is -0.117. The minimum absolute atomic E-state index is 0.0647. The van der Waals surface area contributed by atoms with Crippen molar-refractivity contribution in [1.29, 1.82) is 5.26 Å². The van der Waals surface area contributed by atoms with Gasteiger partial charge in [-0.2, -0.15) is 10.4 Å². The number of unbranched alkanes of at least 4 members (excludes halogenated alkanes) is 1. The van der Waals surface area contributed by atoms with Crippen molar-refractivity contribution in [2.24, 2.45) is 0 Å². The summed E-state index contributed by atoms with van der Waals surface area (Å²) in [5.41, 5.74) is 1.67. The number of nitrogens with zero attached hydrogens (tertiary/aromatic N) is 3. The van der Waals surface area contributed by atoms with Gasteiger partial charge in [0.25, 0.3) is 5.91 Å². The van der Waals surface area contributed by atoms with Gasteiger partial charge < -0.3 is 9.73 Å². The van der Waals surface area contributed by atoms with E-state index in [9.17, 15) is 14.9 Å². The van der Waals surface area contributed by atoms with Gasteiger partial charge in [-0.3, -0.25) is 4.79 Å². The molecule has 0 bridgehead atoms. The number of nitrogens with one attached hydrogen (secondary N) is 1. The molecule has 0 aliphatic carbocycles. The van der Waals surface area contributed by atoms with Crippen molar-refractivity contribution >= 4 is 23.0 Å². The summed E-state index contributed by atoms with van der Waals surface area (Å²) in [6, 6.07) is 20.3. The Kier molecular flexibility index (Phi) is 6.46. The third kappa shape index (κ3) is 4.75. The molecule has 7 heteroatoms. The van der Waals surface area contributed by atoms with Crippen LogP contribution in [-0.2, 0) is 4.79 Å². The summed E-state index contributed by atoms with van der Waals surface area (Å²) in [5.74, 6) is -0.463. The minimum atomic E-state index is -0.549. The third-order valence-electron chi connectivity index (χ3n) is 5.14. The predicted molar refractivity (Wildman–Crippen MR) is 127 cm³/mol. The largest absolute Gasteiger partial charge is 0.422 e. The number of hydrogen-bond acceptors (Lipinski definition) is 5. The van der Waals surface area contributed by atoms with Crippen molar-refractivity contribution in [3.05, 3.63) is 88.4 Å². The van der Waals surface area contributed by atoms with E-state index in [1.54, 1.807) is 29.1 Å². The molecule has 0 radical (unpaired) electrons. The molecule has 164 valence electrons. The Hall–Kier alpha value is -4.44. The van der Waals surface area contributed by atoms with Crippen LogP contribution in [0.5, 0.6) is 0 Å². The summed E-state index contributed by atoms with van der Waals surface area (Å²) >= 11 is 0. The molecule has 2 aromatic carbocycles. The zero-order valence-corrected chi connectivity index (χ0v) is 18.1. The van der Waals surface area contributed by atoms with E-state index in [-0.39, 0.29) is 11.1 Å². The zero-order chi connectivity index (χ0) is 23.2. The van der Waals surface area contributed by atoms with E-state index in [1.807, 2.05) is 55.5 Å². The molecular formula is C26H22N4O3. The fourth-order valence-corrected chi connectivity index (χ4v) is 3.42. The fourth-order valence-electron chi connectivity index (χ4n) is 3.42. The average molecular weight is 438 g/mol. The van der Waals surface area contributed by atoms with Gasteiger partial charge >= 0.3 is 5.63 Å². The van der Waals surface area contributed by atoms with Crippen LogP contribution in [0.2, 0.25) is 0 Å². The number of amides is 1. The lowest BCUT2D eigenvalue weighted by atomic mass is 10.1. The van der Waals surface area contributed by atoms with Gasteiger partial charge in [0.15, 0.2) is 0 Å². The van der Waals surface area contributed by atoms with Crippen LogP contribution in [0.25, 0.3) is 34.0 Å². The standard InChI is InChI=1S/C26H22N4O3/c1-2-3-13-28-25(31)19(16-27)14-20-17-30(21-10-5-4-6-11-21)29-24(20)22-15-18-9-7-8-12-23(18)33-26(22)32/h4-12,14-15,17H,2-3,13H2,1H3,(H,28,31)/b19-14-. The van der Waals surface area contributed by atoms with Crippen molar-refractivity contribution in [2.75, 3.05) is 6.54 Å². The Labute approximate surface area is 190 Å². The quantitative estimate of drug-likeness (QED) is 0.199. The van der Waals surface area contributed by atoms with Crippen LogP contribution >= 0.6 is 0 Å². The van der Waals surface area contributed by atoms with E-state index in [4.69, 9.17) is 4.42 Å². The van der Waals surface area contributed by atoms with E-state index in [1.165, 1.54) is 6.08 Å². The van der Waals surface area contributed by atoms with Crippen LogP contribution in [0.15, 0.2) is 81.6 Å². The number of aromatic nitrogens is 2. The molecule has 0 saturated carbocycles. The van der Waals surface area contributed by atoms with E-state index in [2.05, 4.69) is 10.4 Å². The molecule has 0 fully saturated rings. The van der Waals surface area contributed by atoms with Gasteiger partial charge in [0, 0.05) is 23.7 Å². The molecule has 1 amide bonds. The zero-order valence-electron chi connectivity index (χ0n) is 18.1. The summed E-state index contributed by atoms with van der Waals surface area (Å²) in [5, 5.41) is 17.7. The topological polar surface area (TPSA) is 101 Å². The SMILES string of the molecule is CCCCNC(=O)/C(C#N)=C\c1cn(-c2ccccc2)nc1-c1cc2ccccc2oc1=O. The molecule has 1 N–H and O–H groups in total. The average Bonchev–Trinajstić information content (AvgIpc) is 3.26. The smallest absolute Gasteiger partial charge is 0.345 e. The molecule has 4 aromatic rings. The van der Waals surface area contributed by atoms with Gasteiger partial charge in [-0.1, -0.05) is 49.7 Å². The molecule has 0 aliphatic heterocycles. The molecule has 0 saturated heterocycles. The van der Waals surface area contributed by atoms with E-state index in [0.717, 1.165) is 23.9 Å². The van der Waals surface area contributed by atoms with Gasteiger partial charge in [-0.05, 0) is 36.8 Å². The van der Waals surface area contributed by atoms with Crippen molar-refractivity contribution in [3.63, 3.8) is 0 Å². The number of carbonyl (C=O) groups excluding carboxylic acids is 1. The Bertz CT molecular complexity index is 1430. The van der Waals surface area contributed by atoms with Crippen LogP contribution < -0.4 is 10.9 Å².